The van der Waals surface area contributed by atoms with E-state index in [-0.39, 0.29) is 0 Å². The molecule has 0 heteroatoms. The van der Waals surface area contributed by atoms with Gasteiger partial charge in [0.25, 0.3) is 0 Å². The van der Waals surface area contributed by atoms with Crippen LogP contribution in [0.25, 0.3) is 0 Å². The monoisotopic (exact) mass is 83.1 g/mol. The molecule has 0 heterocycles. The lowest BCUT2D eigenvalue weighted by atomic mass is 10.2. The molecule has 0 aliphatic heterocycles. The SMILES string of the molecule is [CH2]/C=C(\C)CC. The smallest absolute Gasteiger partial charge is 0.0313 e. The molecule has 0 aromatic heterocycles. The number of hydrogen-bond donors (Lipinski definition) is 0. The molecule has 0 saturated carbocycles. The van der Waals surface area contributed by atoms with Crippen LogP contribution >= 0.6 is 0 Å². The van der Waals surface area contributed by atoms with Gasteiger partial charge in [0.2, 0.25) is 0 Å². The summed E-state index contributed by atoms with van der Waals surface area (Å²) in [5, 5.41) is 0. The minimum atomic E-state index is 1.13. The Morgan fingerprint density at radius 2 is 2.33 bits per heavy atom. The largest absolute Gasteiger partial charge is 0.0853 e. The molecule has 0 nitrogen and oxygen atoms in total. The van der Waals surface area contributed by atoms with Gasteiger partial charge in [0.05, 0.1) is 0 Å². The van der Waals surface area contributed by atoms with Crippen LogP contribution in [-0.2, 0) is 0 Å². The van der Waals surface area contributed by atoms with E-state index in [9.17, 15) is 0 Å². The van der Waals surface area contributed by atoms with Crippen LogP contribution in [0.3, 0.4) is 0 Å². The Morgan fingerprint density at radius 1 is 1.83 bits per heavy atom. The summed E-state index contributed by atoms with van der Waals surface area (Å²) in [6.45, 7) is 7.79. The summed E-state index contributed by atoms with van der Waals surface area (Å²) in [7, 11) is 0. The topological polar surface area (TPSA) is 0 Å². The summed E-state index contributed by atoms with van der Waals surface area (Å²) in [6.07, 6.45) is 3.02. The Hall–Kier alpha value is -0.260. The first-order chi connectivity index (χ1) is 2.81. The maximum Gasteiger partial charge on any atom is -0.0313 e. The van der Waals surface area contributed by atoms with E-state index in [2.05, 4.69) is 20.8 Å². The van der Waals surface area contributed by atoms with E-state index < -0.39 is 0 Å². The Labute approximate surface area is 39.9 Å². The van der Waals surface area contributed by atoms with Crippen LogP contribution < -0.4 is 0 Å². The zero-order valence-corrected chi connectivity index (χ0v) is 4.49. The molecule has 0 N–H and O–H groups in total. The molecular formula is C6H11. The molecule has 0 aromatic carbocycles. The first-order valence-corrected chi connectivity index (χ1v) is 2.26. The van der Waals surface area contributed by atoms with Gasteiger partial charge in [-0.25, -0.2) is 0 Å². The summed E-state index contributed by atoms with van der Waals surface area (Å²) in [5.74, 6) is 0. The fourth-order valence-electron chi connectivity index (χ4n) is 0.144. The van der Waals surface area contributed by atoms with Gasteiger partial charge in [-0.05, 0) is 20.3 Å². The van der Waals surface area contributed by atoms with E-state index in [1.807, 2.05) is 6.08 Å². The maximum absolute atomic E-state index is 3.59. The molecule has 0 aliphatic rings. The lowest BCUT2D eigenvalue weighted by Gasteiger charge is -1.84. The second-order valence-electron chi connectivity index (χ2n) is 1.40. The van der Waals surface area contributed by atoms with Crippen molar-refractivity contribution in [3.63, 3.8) is 0 Å². The van der Waals surface area contributed by atoms with Crippen LogP contribution in [0.5, 0.6) is 0 Å². The van der Waals surface area contributed by atoms with E-state index in [4.69, 9.17) is 0 Å². The molecule has 35 valence electrons. The normalized spacial score (nSPS) is 12.2. The number of allylic oxidation sites excluding steroid dienone is 2. The van der Waals surface area contributed by atoms with Crippen molar-refractivity contribution in [2.24, 2.45) is 0 Å². The van der Waals surface area contributed by atoms with Crippen molar-refractivity contribution in [1.82, 2.24) is 0 Å². The van der Waals surface area contributed by atoms with Gasteiger partial charge < -0.3 is 0 Å². The zero-order chi connectivity index (χ0) is 4.99. The van der Waals surface area contributed by atoms with Crippen molar-refractivity contribution in [2.75, 3.05) is 0 Å². The first kappa shape index (κ1) is 5.74. The average Bonchev–Trinajstić information content (AvgIpc) is 1.65. The third kappa shape index (κ3) is 2.01. The van der Waals surface area contributed by atoms with Crippen LogP contribution in [-0.4, -0.2) is 0 Å². The molecule has 0 spiro atoms. The highest BCUT2D eigenvalue weighted by molar-refractivity contribution is 4.97. The quantitative estimate of drug-likeness (QED) is 0.455. The lowest BCUT2D eigenvalue weighted by molar-refractivity contribution is 1.10. The molecule has 0 aliphatic carbocycles. The highest BCUT2D eigenvalue weighted by Gasteiger charge is 1.73. The van der Waals surface area contributed by atoms with Gasteiger partial charge in [-0.15, -0.1) is 0 Å². The van der Waals surface area contributed by atoms with Crippen molar-refractivity contribution in [3.8, 4) is 0 Å². The predicted octanol–water partition coefficient (Wildman–Crippen LogP) is 2.18. The van der Waals surface area contributed by atoms with Crippen LogP contribution in [0, 0.1) is 6.92 Å². The van der Waals surface area contributed by atoms with Crippen LogP contribution in [0.4, 0.5) is 0 Å². The standard InChI is InChI=1S/C6H11/c1-4-6(3)5-2/h4H,1,5H2,2-3H3/b6-4+. The summed E-state index contributed by atoms with van der Waals surface area (Å²) in [5.41, 5.74) is 1.36. The van der Waals surface area contributed by atoms with Crippen molar-refractivity contribution in [2.45, 2.75) is 20.3 Å². The van der Waals surface area contributed by atoms with E-state index >= 15 is 0 Å². The molecule has 0 amide bonds. The van der Waals surface area contributed by atoms with Gasteiger partial charge in [0.15, 0.2) is 0 Å². The Balaban J connectivity index is 3.22. The van der Waals surface area contributed by atoms with E-state index in [1.165, 1.54) is 5.57 Å². The Morgan fingerprint density at radius 3 is 2.33 bits per heavy atom. The summed E-state index contributed by atoms with van der Waals surface area (Å²) in [6, 6.07) is 0. The zero-order valence-electron chi connectivity index (χ0n) is 4.49. The summed E-state index contributed by atoms with van der Waals surface area (Å²) in [4.78, 5) is 0. The average molecular weight is 83.2 g/mol. The molecule has 0 bridgehead atoms. The molecule has 0 atom stereocenters. The highest BCUT2D eigenvalue weighted by atomic mass is 13.8. The van der Waals surface area contributed by atoms with Gasteiger partial charge >= 0.3 is 0 Å². The van der Waals surface area contributed by atoms with Crippen LogP contribution in [0.1, 0.15) is 20.3 Å². The second-order valence-corrected chi connectivity index (χ2v) is 1.40. The molecule has 0 saturated heterocycles. The lowest BCUT2D eigenvalue weighted by Crippen LogP contribution is -1.64. The van der Waals surface area contributed by atoms with Gasteiger partial charge in [-0.3, -0.25) is 0 Å². The van der Waals surface area contributed by atoms with Gasteiger partial charge in [-0.2, -0.15) is 0 Å². The molecule has 6 heavy (non-hydrogen) atoms. The minimum absolute atomic E-state index is 1.13. The van der Waals surface area contributed by atoms with E-state index in [0.717, 1.165) is 6.42 Å². The fraction of sp³-hybridized carbons (Fsp3) is 0.500. The van der Waals surface area contributed by atoms with Gasteiger partial charge in [0, 0.05) is 0 Å². The van der Waals surface area contributed by atoms with E-state index in [0.29, 0.717) is 0 Å². The molecular weight excluding hydrogens is 72.1 g/mol. The molecule has 0 fully saturated rings. The Bertz CT molecular complexity index is 51.1. The van der Waals surface area contributed by atoms with Gasteiger partial charge in [-0.1, -0.05) is 18.6 Å². The summed E-state index contributed by atoms with van der Waals surface area (Å²) < 4.78 is 0. The molecule has 0 rings (SSSR count). The van der Waals surface area contributed by atoms with Crippen molar-refractivity contribution < 1.29 is 0 Å². The third-order valence-electron chi connectivity index (χ3n) is 0.906. The van der Waals surface area contributed by atoms with Crippen molar-refractivity contribution >= 4 is 0 Å². The Kier molecular flexibility index (Phi) is 2.82. The van der Waals surface area contributed by atoms with Crippen LogP contribution in [0.15, 0.2) is 11.6 Å². The van der Waals surface area contributed by atoms with Crippen molar-refractivity contribution in [3.05, 3.63) is 18.6 Å². The van der Waals surface area contributed by atoms with Crippen LogP contribution in [0.2, 0.25) is 0 Å². The highest BCUT2D eigenvalue weighted by Crippen LogP contribution is 1.93. The maximum atomic E-state index is 3.59. The van der Waals surface area contributed by atoms with Crippen molar-refractivity contribution in [1.29, 1.82) is 0 Å². The molecule has 1 radical (unpaired) electrons. The van der Waals surface area contributed by atoms with Gasteiger partial charge in [0.1, 0.15) is 0 Å². The summed E-state index contributed by atoms with van der Waals surface area (Å²) >= 11 is 0. The molecule has 0 unspecified atom stereocenters. The third-order valence-corrected chi connectivity index (χ3v) is 0.906. The number of hydrogen-bond acceptors (Lipinski definition) is 0. The van der Waals surface area contributed by atoms with E-state index in [1.54, 1.807) is 0 Å². The molecule has 0 aromatic rings. The predicted molar refractivity (Wildman–Crippen MR) is 29.4 cm³/mol. The fourth-order valence-corrected chi connectivity index (χ4v) is 0.144. The second kappa shape index (κ2) is 2.95. The minimum Gasteiger partial charge on any atom is -0.0853 e. The number of rotatable bonds is 1. The first-order valence-electron chi connectivity index (χ1n) is 2.26.